The summed E-state index contributed by atoms with van der Waals surface area (Å²) >= 11 is 0. The summed E-state index contributed by atoms with van der Waals surface area (Å²) < 4.78 is 0. The first-order valence-corrected chi connectivity index (χ1v) is 8.30. The fourth-order valence-electron chi connectivity index (χ4n) is 2.41. The number of nitrogens with zero attached hydrogens (tertiary/aromatic N) is 3. The van der Waals surface area contributed by atoms with Crippen molar-refractivity contribution in [3.63, 3.8) is 0 Å². The number of amides is 2. The van der Waals surface area contributed by atoms with E-state index in [-0.39, 0.29) is 6.03 Å². The van der Waals surface area contributed by atoms with Gasteiger partial charge < -0.3 is 15.5 Å². The van der Waals surface area contributed by atoms with Crippen LogP contribution in [-0.4, -0.2) is 40.2 Å². The van der Waals surface area contributed by atoms with Gasteiger partial charge in [-0.05, 0) is 42.8 Å². The van der Waals surface area contributed by atoms with Gasteiger partial charge >= 0.3 is 6.03 Å². The molecule has 1 aromatic carbocycles. The van der Waals surface area contributed by atoms with Gasteiger partial charge in [0.05, 0.1) is 17.9 Å². The van der Waals surface area contributed by atoms with Crippen LogP contribution in [0, 0.1) is 6.92 Å². The summed E-state index contributed by atoms with van der Waals surface area (Å²) in [5, 5.41) is 13.6. The molecule has 0 radical (unpaired) electrons. The summed E-state index contributed by atoms with van der Waals surface area (Å²) in [5.41, 5.74) is 5.59. The predicted molar refractivity (Wildman–Crippen MR) is 103 cm³/mol. The smallest absolute Gasteiger partial charge is 0.321 e. The summed E-state index contributed by atoms with van der Waals surface area (Å²) in [6.45, 7) is 2.56. The maximum atomic E-state index is 11.9. The number of nitrogens with one attached hydrogen (secondary N) is 3. The lowest BCUT2D eigenvalue weighted by atomic mass is 10.1. The minimum Gasteiger partial charge on any atom is -0.379 e. The van der Waals surface area contributed by atoms with Crippen LogP contribution in [0.25, 0.3) is 11.3 Å². The van der Waals surface area contributed by atoms with E-state index >= 15 is 0 Å². The van der Waals surface area contributed by atoms with E-state index in [2.05, 4.69) is 25.8 Å². The van der Waals surface area contributed by atoms with Crippen molar-refractivity contribution in [3.05, 3.63) is 60.0 Å². The lowest BCUT2D eigenvalue weighted by Gasteiger charge is -2.15. The van der Waals surface area contributed by atoms with Crippen LogP contribution in [0.15, 0.2) is 48.8 Å². The number of aromatic amines is 1. The topological polar surface area (TPSA) is 85.9 Å². The van der Waals surface area contributed by atoms with Gasteiger partial charge in [-0.2, -0.15) is 5.10 Å². The second-order valence-corrected chi connectivity index (χ2v) is 6.22. The number of carbonyl (C=O) groups is 1. The average molecular weight is 350 g/mol. The van der Waals surface area contributed by atoms with Crippen LogP contribution >= 0.6 is 0 Å². The third-order valence-electron chi connectivity index (χ3n) is 3.98. The number of aromatic nitrogens is 3. The summed E-state index contributed by atoms with van der Waals surface area (Å²) in [7, 11) is 3.43. The van der Waals surface area contributed by atoms with E-state index in [0.29, 0.717) is 6.54 Å². The zero-order valence-electron chi connectivity index (χ0n) is 15.1. The van der Waals surface area contributed by atoms with Gasteiger partial charge in [-0.3, -0.25) is 10.1 Å². The van der Waals surface area contributed by atoms with Gasteiger partial charge in [0.2, 0.25) is 0 Å². The number of rotatable bonds is 5. The van der Waals surface area contributed by atoms with Crippen molar-refractivity contribution in [1.82, 2.24) is 20.1 Å². The predicted octanol–water partition coefficient (Wildman–Crippen LogP) is 3.49. The molecule has 0 saturated heterocycles. The molecule has 0 spiro atoms. The summed E-state index contributed by atoms with van der Waals surface area (Å²) in [5.74, 6) is 0. The fourth-order valence-corrected chi connectivity index (χ4v) is 2.41. The lowest BCUT2D eigenvalue weighted by Crippen LogP contribution is -2.27. The minimum absolute atomic E-state index is 0.152. The molecule has 2 aromatic heterocycles. The number of benzene rings is 1. The number of carbonyl (C=O) groups excluding carboxylic acids is 1. The van der Waals surface area contributed by atoms with Crippen LogP contribution in [0.5, 0.6) is 0 Å². The van der Waals surface area contributed by atoms with E-state index in [4.69, 9.17) is 0 Å². The Bertz CT molecular complexity index is 888. The van der Waals surface area contributed by atoms with Crippen molar-refractivity contribution in [2.45, 2.75) is 13.5 Å². The van der Waals surface area contributed by atoms with Crippen LogP contribution in [-0.2, 0) is 6.54 Å². The Balaban J connectivity index is 1.67. The van der Waals surface area contributed by atoms with E-state index in [0.717, 1.165) is 33.9 Å². The minimum atomic E-state index is -0.152. The summed E-state index contributed by atoms with van der Waals surface area (Å²) in [4.78, 5) is 17.4. The molecule has 3 rings (SSSR count). The Morgan fingerprint density at radius 2 is 1.92 bits per heavy atom. The van der Waals surface area contributed by atoms with E-state index in [1.807, 2.05) is 43.3 Å². The average Bonchev–Trinajstić information content (AvgIpc) is 3.12. The zero-order chi connectivity index (χ0) is 18.5. The van der Waals surface area contributed by atoms with Gasteiger partial charge in [-0.25, -0.2) is 4.79 Å². The Hall–Kier alpha value is -3.35. The molecular formula is C19H22N6O. The number of hydrogen-bond donors (Lipinski definition) is 3. The van der Waals surface area contributed by atoms with Crippen molar-refractivity contribution in [1.29, 1.82) is 0 Å². The molecule has 3 aromatic rings. The van der Waals surface area contributed by atoms with E-state index in [1.54, 1.807) is 26.5 Å². The second kappa shape index (κ2) is 7.69. The first-order chi connectivity index (χ1) is 12.5. The monoisotopic (exact) mass is 350 g/mol. The van der Waals surface area contributed by atoms with Gasteiger partial charge in [0.15, 0.2) is 0 Å². The molecule has 0 unspecified atom stereocenters. The maximum absolute atomic E-state index is 11.9. The maximum Gasteiger partial charge on any atom is 0.321 e. The molecule has 2 amide bonds. The highest BCUT2D eigenvalue weighted by Crippen LogP contribution is 2.22. The molecular weight excluding hydrogens is 328 g/mol. The van der Waals surface area contributed by atoms with Crippen LogP contribution in [0.3, 0.4) is 0 Å². The quantitative estimate of drug-likeness (QED) is 0.657. The van der Waals surface area contributed by atoms with Crippen LogP contribution in [0.2, 0.25) is 0 Å². The molecule has 0 saturated carbocycles. The van der Waals surface area contributed by atoms with Gasteiger partial charge in [0, 0.05) is 43.4 Å². The van der Waals surface area contributed by atoms with Gasteiger partial charge in [0.25, 0.3) is 0 Å². The first-order valence-electron chi connectivity index (χ1n) is 8.30. The molecule has 7 heteroatoms. The molecule has 0 aliphatic carbocycles. The first kappa shape index (κ1) is 17.5. The Labute approximate surface area is 152 Å². The van der Waals surface area contributed by atoms with Crippen LogP contribution < -0.4 is 10.6 Å². The zero-order valence-corrected chi connectivity index (χ0v) is 15.1. The molecule has 134 valence electrons. The molecule has 26 heavy (non-hydrogen) atoms. The van der Waals surface area contributed by atoms with Crippen molar-refractivity contribution in [2.24, 2.45) is 0 Å². The van der Waals surface area contributed by atoms with Crippen LogP contribution in [0.4, 0.5) is 16.2 Å². The molecule has 2 heterocycles. The van der Waals surface area contributed by atoms with Crippen molar-refractivity contribution in [2.75, 3.05) is 24.7 Å². The van der Waals surface area contributed by atoms with E-state index < -0.39 is 0 Å². The number of urea groups is 1. The molecule has 0 aliphatic rings. The molecule has 3 N–H and O–H groups in total. The van der Waals surface area contributed by atoms with Gasteiger partial charge in [-0.15, -0.1) is 0 Å². The molecule has 0 aliphatic heterocycles. The van der Waals surface area contributed by atoms with Crippen molar-refractivity contribution >= 4 is 17.4 Å². The summed E-state index contributed by atoms with van der Waals surface area (Å²) in [6.07, 6.45) is 3.50. The number of H-pyrrole nitrogens is 1. The van der Waals surface area contributed by atoms with Gasteiger partial charge in [0.1, 0.15) is 0 Å². The van der Waals surface area contributed by atoms with Gasteiger partial charge in [-0.1, -0.05) is 6.07 Å². The number of hydrogen-bond acceptors (Lipinski definition) is 4. The second-order valence-electron chi connectivity index (χ2n) is 6.22. The number of anilines is 2. The normalized spacial score (nSPS) is 10.4. The van der Waals surface area contributed by atoms with E-state index in [9.17, 15) is 4.79 Å². The van der Waals surface area contributed by atoms with E-state index in [1.165, 1.54) is 4.90 Å². The Morgan fingerprint density at radius 1 is 1.15 bits per heavy atom. The summed E-state index contributed by atoms with van der Waals surface area (Å²) in [6, 6.07) is 11.6. The third-order valence-corrected chi connectivity index (χ3v) is 3.98. The standard InChI is InChI=1S/C19H22N6O/c1-13-4-5-15(10-17(13)22-19(26)25(2)3)21-12-16-11-18(24-23-16)14-6-8-20-9-7-14/h4-11,21H,12H2,1-3H3,(H,22,26)(H,23,24). The fraction of sp³-hybridized carbons (Fsp3) is 0.211. The molecule has 0 bridgehead atoms. The number of aryl methyl sites for hydroxylation is 1. The SMILES string of the molecule is Cc1ccc(NCc2cc(-c3ccncc3)n[nH]2)cc1NC(=O)N(C)C. The van der Waals surface area contributed by atoms with Crippen molar-refractivity contribution in [3.8, 4) is 11.3 Å². The molecule has 0 atom stereocenters. The lowest BCUT2D eigenvalue weighted by molar-refractivity contribution is 0.230. The van der Waals surface area contributed by atoms with Crippen LogP contribution in [0.1, 0.15) is 11.3 Å². The molecule has 0 fully saturated rings. The highest BCUT2D eigenvalue weighted by Gasteiger charge is 2.08. The number of pyridine rings is 1. The highest BCUT2D eigenvalue weighted by atomic mass is 16.2. The largest absolute Gasteiger partial charge is 0.379 e. The van der Waals surface area contributed by atoms with Crippen molar-refractivity contribution < 1.29 is 4.79 Å². The Morgan fingerprint density at radius 3 is 2.65 bits per heavy atom. The third kappa shape index (κ3) is 4.18. The Kier molecular flexibility index (Phi) is 5.17. The molecule has 7 nitrogen and oxygen atoms in total. The highest BCUT2D eigenvalue weighted by molar-refractivity contribution is 5.90.